The zero-order valence-electron chi connectivity index (χ0n) is 7.31. The highest BCUT2D eigenvalue weighted by Gasteiger charge is 2.12. The SMILES string of the molecule is C.C.C.C.CCC(=O)NC(CC)C(C)=O. The Morgan fingerprint density at radius 1 is 1.07 bits per heavy atom. The Morgan fingerprint density at radius 3 is 1.67 bits per heavy atom. The number of carbonyl (C=O) groups is 2. The van der Waals surface area contributed by atoms with Gasteiger partial charge >= 0.3 is 0 Å². The van der Waals surface area contributed by atoms with E-state index < -0.39 is 0 Å². The molecular weight excluding hydrogens is 190 g/mol. The lowest BCUT2D eigenvalue weighted by Crippen LogP contribution is -2.38. The molecule has 0 saturated heterocycles. The number of hydrogen-bond acceptors (Lipinski definition) is 2. The summed E-state index contributed by atoms with van der Waals surface area (Å²) in [5.74, 6) is -0.0404. The van der Waals surface area contributed by atoms with Gasteiger partial charge in [0, 0.05) is 6.42 Å². The van der Waals surface area contributed by atoms with Gasteiger partial charge in [-0.25, -0.2) is 0 Å². The van der Waals surface area contributed by atoms with E-state index in [-0.39, 0.29) is 47.4 Å². The largest absolute Gasteiger partial charge is 0.346 e. The molecule has 0 spiro atoms. The van der Waals surface area contributed by atoms with Crippen LogP contribution in [-0.2, 0) is 9.59 Å². The molecule has 0 rings (SSSR count). The zero-order valence-corrected chi connectivity index (χ0v) is 7.31. The lowest BCUT2D eigenvalue weighted by atomic mass is 10.1. The number of amides is 1. The summed E-state index contributed by atoms with van der Waals surface area (Å²) in [5.41, 5.74) is 0. The molecule has 0 aromatic rings. The van der Waals surface area contributed by atoms with Crippen molar-refractivity contribution in [3.8, 4) is 0 Å². The standard InChI is InChI=1S/C8H15NO2.4CH4/c1-4-7(6(3)10)9-8(11)5-2;;;;/h7H,4-5H2,1-3H3,(H,9,11);4*1H4. The first-order valence-corrected chi connectivity index (χ1v) is 3.91. The monoisotopic (exact) mass is 221 g/mol. The molecular formula is C12H31NO2. The van der Waals surface area contributed by atoms with E-state index in [1.165, 1.54) is 6.92 Å². The molecule has 0 radical (unpaired) electrons. The number of Topliss-reactive ketones (excluding diaryl/α,β-unsaturated/α-hetero) is 1. The molecule has 0 saturated carbocycles. The van der Waals surface area contributed by atoms with Crippen molar-refractivity contribution in [2.24, 2.45) is 0 Å². The molecule has 0 aliphatic heterocycles. The van der Waals surface area contributed by atoms with Crippen LogP contribution in [0.1, 0.15) is 63.3 Å². The molecule has 0 fully saturated rings. The third-order valence-electron chi connectivity index (χ3n) is 1.56. The lowest BCUT2D eigenvalue weighted by molar-refractivity contribution is -0.126. The van der Waals surface area contributed by atoms with Crippen LogP contribution in [0.15, 0.2) is 0 Å². The van der Waals surface area contributed by atoms with Crippen molar-refractivity contribution in [1.82, 2.24) is 5.32 Å². The molecule has 3 nitrogen and oxygen atoms in total. The fourth-order valence-corrected chi connectivity index (χ4v) is 0.788. The highest BCUT2D eigenvalue weighted by atomic mass is 16.2. The van der Waals surface area contributed by atoms with Gasteiger partial charge in [0.25, 0.3) is 0 Å². The number of hydrogen-bond donors (Lipinski definition) is 1. The summed E-state index contributed by atoms with van der Waals surface area (Å²) in [7, 11) is 0. The average Bonchev–Trinajstić information content (AvgIpc) is 1.99. The van der Waals surface area contributed by atoms with E-state index >= 15 is 0 Å². The smallest absolute Gasteiger partial charge is 0.220 e. The Morgan fingerprint density at radius 2 is 1.47 bits per heavy atom. The fourth-order valence-electron chi connectivity index (χ4n) is 0.788. The van der Waals surface area contributed by atoms with Crippen LogP contribution in [0.5, 0.6) is 0 Å². The van der Waals surface area contributed by atoms with Gasteiger partial charge in [-0.2, -0.15) is 0 Å². The number of ketones is 1. The van der Waals surface area contributed by atoms with Crippen LogP contribution >= 0.6 is 0 Å². The maximum absolute atomic E-state index is 10.8. The average molecular weight is 221 g/mol. The summed E-state index contributed by atoms with van der Waals surface area (Å²) in [5, 5.41) is 2.63. The van der Waals surface area contributed by atoms with Crippen LogP contribution in [0, 0.1) is 0 Å². The van der Waals surface area contributed by atoms with Gasteiger partial charge in [-0.05, 0) is 13.3 Å². The van der Waals surface area contributed by atoms with Crippen LogP contribution in [-0.4, -0.2) is 17.7 Å². The van der Waals surface area contributed by atoms with Gasteiger partial charge < -0.3 is 5.32 Å². The Hall–Kier alpha value is -0.860. The molecule has 15 heavy (non-hydrogen) atoms. The Labute approximate surface area is 96.6 Å². The number of rotatable bonds is 4. The van der Waals surface area contributed by atoms with E-state index in [0.29, 0.717) is 12.8 Å². The van der Waals surface area contributed by atoms with Gasteiger partial charge in [-0.15, -0.1) is 0 Å². The molecule has 1 unspecified atom stereocenters. The lowest BCUT2D eigenvalue weighted by Gasteiger charge is -2.12. The highest BCUT2D eigenvalue weighted by molar-refractivity contribution is 5.87. The molecule has 0 aromatic carbocycles. The van der Waals surface area contributed by atoms with E-state index in [1.807, 2.05) is 6.92 Å². The first-order chi connectivity index (χ1) is 5.11. The number of carbonyl (C=O) groups excluding carboxylic acids is 2. The first-order valence-electron chi connectivity index (χ1n) is 3.91. The van der Waals surface area contributed by atoms with E-state index in [4.69, 9.17) is 0 Å². The molecule has 0 aliphatic carbocycles. The van der Waals surface area contributed by atoms with Gasteiger partial charge in [-0.1, -0.05) is 43.6 Å². The third-order valence-corrected chi connectivity index (χ3v) is 1.56. The molecule has 0 aromatic heterocycles. The van der Waals surface area contributed by atoms with Crippen LogP contribution in [0.2, 0.25) is 0 Å². The van der Waals surface area contributed by atoms with Crippen LogP contribution in [0.4, 0.5) is 0 Å². The van der Waals surface area contributed by atoms with Crippen molar-refractivity contribution in [3.05, 3.63) is 0 Å². The van der Waals surface area contributed by atoms with Gasteiger partial charge in [0.15, 0.2) is 5.78 Å². The van der Waals surface area contributed by atoms with Gasteiger partial charge in [0.1, 0.15) is 0 Å². The van der Waals surface area contributed by atoms with E-state index in [1.54, 1.807) is 6.92 Å². The van der Waals surface area contributed by atoms with Crippen LogP contribution in [0.25, 0.3) is 0 Å². The summed E-state index contributed by atoms with van der Waals surface area (Å²) >= 11 is 0. The van der Waals surface area contributed by atoms with Crippen molar-refractivity contribution in [3.63, 3.8) is 0 Å². The van der Waals surface area contributed by atoms with Crippen molar-refractivity contribution >= 4 is 11.7 Å². The molecule has 0 heterocycles. The minimum atomic E-state index is -0.289. The summed E-state index contributed by atoms with van der Waals surface area (Å²) in [6.45, 7) is 5.13. The molecule has 3 heteroatoms. The van der Waals surface area contributed by atoms with Crippen LogP contribution < -0.4 is 5.32 Å². The van der Waals surface area contributed by atoms with E-state index in [9.17, 15) is 9.59 Å². The summed E-state index contributed by atoms with van der Waals surface area (Å²) in [4.78, 5) is 21.6. The fraction of sp³-hybridized carbons (Fsp3) is 0.833. The van der Waals surface area contributed by atoms with Gasteiger partial charge in [-0.3, -0.25) is 9.59 Å². The zero-order chi connectivity index (χ0) is 8.85. The summed E-state index contributed by atoms with van der Waals surface area (Å²) in [6, 6.07) is -0.289. The summed E-state index contributed by atoms with van der Waals surface area (Å²) in [6.07, 6.45) is 1.10. The van der Waals surface area contributed by atoms with Crippen molar-refractivity contribution < 1.29 is 9.59 Å². The normalized spacial score (nSPS) is 9.00. The van der Waals surface area contributed by atoms with E-state index in [2.05, 4.69) is 5.32 Å². The predicted molar refractivity (Wildman–Crippen MR) is 70.1 cm³/mol. The second kappa shape index (κ2) is 15.6. The molecule has 96 valence electrons. The maximum atomic E-state index is 10.8. The Kier molecular flexibility index (Phi) is 30.4. The third kappa shape index (κ3) is 13.1. The molecule has 1 amide bonds. The quantitative estimate of drug-likeness (QED) is 0.790. The van der Waals surface area contributed by atoms with Crippen molar-refractivity contribution in [2.75, 3.05) is 0 Å². The van der Waals surface area contributed by atoms with E-state index in [0.717, 1.165) is 0 Å². The van der Waals surface area contributed by atoms with Crippen molar-refractivity contribution in [1.29, 1.82) is 0 Å². The summed E-state index contributed by atoms with van der Waals surface area (Å²) < 4.78 is 0. The number of nitrogens with one attached hydrogen (secondary N) is 1. The maximum Gasteiger partial charge on any atom is 0.220 e. The predicted octanol–water partition coefficient (Wildman–Crippen LogP) is 3.42. The highest BCUT2D eigenvalue weighted by Crippen LogP contribution is 1.92. The van der Waals surface area contributed by atoms with Crippen LogP contribution in [0.3, 0.4) is 0 Å². The minimum absolute atomic E-state index is 0. The second-order valence-electron chi connectivity index (χ2n) is 2.49. The molecule has 1 N–H and O–H groups in total. The minimum Gasteiger partial charge on any atom is -0.346 e. The van der Waals surface area contributed by atoms with Gasteiger partial charge in [0.2, 0.25) is 5.91 Å². The molecule has 0 bridgehead atoms. The second-order valence-corrected chi connectivity index (χ2v) is 2.49. The first kappa shape index (κ1) is 29.2. The molecule has 1 atom stereocenters. The topological polar surface area (TPSA) is 46.2 Å². The van der Waals surface area contributed by atoms with Gasteiger partial charge in [0.05, 0.1) is 6.04 Å². The van der Waals surface area contributed by atoms with Crippen molar-refractivity contribution in [2.45, 2.75) is 69.4 Å². The molecule has 0 aliphatic rings. The Bertz CT molecular complexity index is 156. The Balaban J connectivity index is -0.0000000833.